The molecule has 3 rings (SSSR count). The molecule has 5 nitrogen and oxygen atoms in total. The van der Waals surface area contributed by atoms with Crippen molar-refractivity contribution in [3.05, 3.63) is 35.9 Å². The third-order valence-corrected chi connectivity index (χ3v) is 5.51. The van der Waals surface area contributed by atoms with Gasteiger partial charge in [-0.3, -0.25) is 4.99 Å². The Labute approximate surface area is 158 Å². The van der Waals surface area contributed by atoms with Crippen LogP contribution in [0.2, 0.25) is 0 Å². The van der Waals surface area contributed by atoms with Crippen molar-refractivity contribution in [1.29, 1.82) is 0 Å². The minimum absolute atomic E-state index is 0.594. The van der Waals surface area contributed by atoms with Crippen LogP contribution in [0.1, 0.15) is 31.7 Å². The summed E-state index contributed by atoms with van der Waals surface area (Å²) in [5.74, 6) is 1.68. The predicted octanol–water partition coefficient (Wildman–Crippen LogP) is 2.58. The van der Waals surface area contributed by atoms with Crippen molar-refractivity contribution in [2.45, 2.75) is 38.8 Å². The van der Waals surface area contributed by atoms with Crippen LogP contribution in [-0.4, -0.2) is 68.2 Å². The van der Waals surface area contributed by atoms with Gasteiger partial charge in [0.1, 0.15) is 0 Å². The maximum absolute atomic E-state index is 5.95. The molecule has 26 heavy (non-hydrogen) atoms. The van der Waals surface area contributed by atoms with E-state index in [1.54, 1.807) is 0 Å². The summed E-state index contributed by atoms with van der Waals surface area (Å²) in [6, 6.07) is 11.0. The van der Waals surface area contributed by atoms with Gasteiger partial charge in [-0.2, -0.15) is 0 Å². The highest BCUT2D eigenvalue weighted by molar-refractivity contribution is 5.80. The molecule has 2 aliphatic heterocycles. The summed E-state index contributed by atoms with van der Waals surface area (Å²) < 4.78 is 5.95. The van der Waals surface area contributed by atoms with Gasteiger partial charge in [-0.05, 0) is 45.3 Å². The molecular weight excluding hydrogens is 324 g/mol. The quantitative estimate of drug-likeness (QED) is 0.601. The highest BCUT2D eigenvalue weighted by atomic mass is 16.5. The van der Waals surface area contributed by atoms with E-state index in [-0.39, 0.29) is 0 Å². The number of nitrogens with zero attached hydrogens (tertiary/aromatic N) is 3. The first-order valence-corrected chi connectivity index (χ1v) is 10.1. The van der Waals surface area contributed by atoms with Gasteiger partial charge in [-0.15, -0.1) is 0 Å². The summed E-state index contributed by atoms with van der Waals surface area (Å²) in [7, 11) is 2.22. The second kappa shape index (κ2) is 9.93. The fourth-order valence-electron chi connectivity index (χ4n) is 3.91. The number of ether oxygens (including phenoxy) is 1. The Kier molecular flexibility index (Phi) is 7.32. The number of likely N-dealkylation sites (tertiary alicyclic amines) is 2. The van der Waals surface area contributed by atoms with Gasteiger partial charge >= 0.3 is 0 Å². The van der Waals surface area contributed by atoms with E-state index in [1.165, 1.54) is 31.4 Å². The van der Waals surface area contributed by atoms with Crippen LogP contribution in [0, 0.1) is 5.92 Å². The number of nitrogens with one attached hydrogen (secondary N) is 1. The van der Waals surface area contributed by atoms with Crippen LogP contribution in [0.5, 0.6) is 0 Å². The summed E-state index contributed by atoms with van der Waals surface area (Å²) in [6.45, 7) is 8.84. The Morgan fingerprint density at radius 1 is 1.23 bits per heavy atom. The maximum Gasteiger partial charge on any atom is 0.193 e. The SMILES string of the molecule is CCNC(=NCC1CCCN1C)N1CCC(COCc2ccccc2)C1. The Morgan fingerprint density at radius 2 is 2.08 bits per heavy atom. The van der Waals surface area contributed by atoms with Crippen LogP contribution in [0.25, 0.3) is 0 Å². The zero-order valence-corrected chi connectivity index (χ0v) is 16.4. The largest absolute Gasteiger partial charge is 0.376 e. The van der Waals surface area contributed by atoms with Gasteiger partial charge in [0.25, 0.3) is 0 Å². The standard InChI is InChI=1S/C21H34N4O/c1-3-22-21(23-14-20-10-7-12-24(20)2)25-13-11-19(15-25)17-26-16-18-8-5-4-6-9-18/h4-6,8-9,19-20H,3,7,10-17H2,1-2H3,(H,22,23). The van der Waals surface area contributed by atoms with Crippen LogP contribution < -0.4 is 5.32 Å². The smallest absolute Gasteiger partial charge is 0.193 e. The first kappa shape index (κ1) is 19.2. The van der Waals surface area contributed by atoms with Crippen molar-refractivity contribution in [1.82, 2.24) is 15.1 Å². The summed E-state index contributed by atoms with van der Waals surface area (Å²) >= 11 is 0. The molecule has 0 saturated carbocycles. The molecule has 0 spiro atoms. The molecule has 0 radical (unpaired) electrons. The summed E-state index contributed by atoms with van der Waals surface area (Å²) in [6.07, 6.45) is 3.76. The molecule has 0 aliphatic carbocycles. The van der Waals surface area contributed by atoms with Crippen LogP contribution in [-0.2, 0) is 11.3 Å². The number of benzene rings is 1. The van der Waals surface area contributed by atoms with Crippen molar-refractivity contribution in [2.24, 2.45) is 10.9 Å². The van der Waals surface area contributed by atoms with Crippen LogP contribution in [0.15, 0.2) is 35.3 Å². The molecule has 0 aromatic heterocycles. The lowest BCUT2D eigenvalue weighted by molar-refractivity contribution is 0.0906. The number of hydrogen-bond acceptors (Lipinski definition) is 3. The van der Waals surface area contributed by atoms with E-state index in [2.05, 4.69) is 53.4 Å². The molecule has 2 aliphatic rings. The Balaban J connectivity index is 1.45. The summed E-state index contributed by atoms with van der Waals surface area (Å²) in [4.78, 5) is 9.79. The first-order chi connectivity index (χ1) is 12.8. The van der Waals surface area contributed by atoms with Gasteiger partial charge in [-0.25, -0.2) is 0 Å². The average Bonchev–Trinajstić information content (AvgIpc) is 3.29. The van der Waals surface area contributed by atoms with Crippen molar-refractivity contribution in [2.75, 3.05) is 46.4 Å². The normalized spacial score (nSPS) is 24.4. The van der Waals surface area contributed by atoms with Gasteiger partial charge in [0.05, 0.1) is 19.8 Å². The zero-order chi connectivity index (χ0) is 18.2. The third-order valence-electron chi connectivity index (χ3n) is 5.51. The molecule has 144 valence electrons. The lowest BCUT2D eigenvalue weighted by Crippen LogP contribution is -2.41. The van der Waals surface area contributed by atoms with Crippen LogP contribution >= 0.6 is 0 Å². The molecule has 2 saturated heterocycles. The number of likely N-dealkylation sites (N-methyl/N-ethyl adjacent to an activating group) is 1. The number of guanidine groups is 1. The molecule has 2 unspecified atom stereocenters. The molecule has 1 aromatic carbocycles. The van der Waals surface area contributed by atoms with E-state index in [0.29, 0.717) is 18.6 Å². The fraction of sp³-hybridized carbons (Fsp3) is 0.667. The molecule has 5 heteroatoms. The van der Waals surface area contributed by atoms with E-state index in [0.717, 1.165) is 38.7 Å². The van der Waals surface area contributed by atoms with E-state index in [4.69, 9.17) is 9.73 Å². The molecule has 1 aromatic rings. The molecule has 0 amide bonds. The molecule has 2 heterocycles. The second-order valence-corrected chi connectivity index (χ2v) is 7.57. The van der Waals surface area contributed by atoms with Crippen molar-refractivity contribution in [3.63, 3.8) is 0 Å². The monoisotopic (exact) mass is 358 g/mol. The number of rotatable bonds is 7. The number of aliphatic imine (C=N–C) groups is 1. The second-order valence-electron chi connectivity index (χ2n) is 7.57. The predicted molar refractivity (Wildman–Crippen MR) is 107 cm³/mol. The minimum atomic E-state index is 0.594. The zero-order valence-electron chi connectivity index (χ0n) is 16.4. The topological polar surface area (TPSA) is 40.1 Å². The third kappa shape index (κ3) is 5.45. The van der Waals surface area contributed by atoms with E-state index in [1.807, 2.05) is 6.07 Å². The van der Waals surface area contributed by atoms with Crippen molar-refractivity contribution in [3.8, 4) is 0 Å². The average molecular weight is 359 g/mol. The van der Waals surface area contributed by atoms with E-state index in [9.17, 15) is 0 Å². The van der Waals surface area contributed by atoms with Gasteiger partial charge < -0.3 is 19.9 Å². The first-order valence-electron chi connectivity index (χ1n) is 10.1. The molecule has 0 bridgehead atoms. The molecule has 2 fully saturated rings. The Hall–Kier alpha value is -1.59. The molecule has 1 N–H and O–H groups in total. The lowest BCUT2D eigenvalue weighted by Gasteiger charge is -2.23. The minimum Gasteiger partial charge on any atom is -0.376 e. The van der Waals surface area contributed by atoms with Crippen LogP contribution in [0.4, 0.5) is 0 Å². The van der Waals surface area contributed by atoms with Gasteiger partial charge in [-0.1, -0.05) is 30.3 Å². The van der Waals surface area contributed by atoms with Gasteiger partial charge in [0.2, 0.25) is 0 Å². The summed E-state index contributed by atoms with van der Waals surface area (Å²) in [5, 5.41) is 3.48. The highest BCUT2D eigenvalue weighted by Gasteiger charge is 2.26. The van der Waals surface area contributed by atoms with Crippen molar-refractivity contribution >= 4 is 5.96 Å². The van der Waals surface area contributed by atoms with E-state index < -0.39 is 0 Å². The van der Waals surface area contributed by atoms with Crippen molar-refractivity contribution < 1.29 is 4.74 Å². The molecule has 2 atom stereocenters. The van der Waals surface area contributed by atoms with Gasteiger partial charge in [0, 0.05) is 31.6 Å². The van der Waals surface area contributed by atoms with Crippen LogP contribution in [0.3, 0.4) is 0 Å². The lowest BCUT2D eigenvalue weighted by atomic mass is 10.1. The summed E-state index contributed by atoms with van der Waals surface area (Å²) in [5.41, 5.74) is 1.25. The van der Waals surface area contributed by atoms with E-state index >= 15 is 0 Å². The maximum atomic E-state index is 5.95. The Bertz CT molecular complexity index is 562. The fourth-order valence-corrected chi connectivity index (χ4v) is 3.91. The molecular formula is C21H34N4O. The van der Waals surface area contributed by atoms with Gasteiger partial charge in [0.15, 0.2) is 5.96 Å². The number of hydrogen-bond donors (Lipinski definition) is 1. The Morgan fingerprint density at radius 3 is 2.81 bits per heavy atom. The highest BCUT2D eigenvalue weighted by Crippen LogP contribution is 2.19.